The van der Waals surface area contributed by atoms with E-state index in [-0.39, 0.29) is 17.7 Å². The lowest BCUT2D eigenvalue weighted by Gasteiger charge is -2.20. The summed E-state index contributed by atoms with van der Waals surface area (Å²) in [5.41, 5.74) is 3.25. The minimum Gasteiger partial charge on any atom is -0.343 e. The SMILES string of the molecule is CCN1C[C@@H](CN(C)C(=O)c2cc(Cn3nc(C)cc3C)[nH]n2)CC1=O. The van der Waals surface area contributed by atoms with Crippen LogP contribution in [-0.4, -0.2) is 68.3 Å². The van der Waals surface area contributed by atoms with Gasteiger partial charge in [0.25, 0.3) is 5.91 Å². The maximum atomic E-state index is 12.6. The molecule has 140 valence electrons. The fraction of sp³-hybridized carbons (Fsp3) is 0.556. The van der Waals surface area contributed by atoms with Crippen LogP contribution in [0.1, 0.15) is 40.9 Å². The second-order valence-electron chi connectivity index (χ2n) is 7.05. The number of amides is 2. The predicted octanol–water partition coefficient (Wildman–Crippen LogP) is 1.21. The summed E-state index contributed by atoms with van der Waals surface area (Å²) in [7, 11) is 1.76. The summed E-state index contributed by atoms with van der Waals surface area (Å²) in [5.74, 6) is 0.220. The number of hydrogen-bond acceptors (Lipinski definition) is 4. The highest BCUT2D eigenvalue weighted by atomic mass is 16.2. The summed E-state index contributed by atoms with van der Waals surface area (Å²) in [4.78, 5) is 28.0. The molecule has 1 fully saturated rings. The lowest BCUT2D eigenvalue weighted by Crippen LogP contribution is -2.33. The summed E-state index contributed by atoms with van der Waals surface area (Å²) in [6.45, 7) is 8.47. The number of likely N-dealkylation sites (tertiary alicyclic amines) is 1. The van der Waals surface area contributed by atoms with Crippen molar-refractivity contribution in [1.29, 1.82) is 0 Å². The number of hydrogen-bond donors (Lipinski definition) is 1. The van der Waals surface area contributed by atoms with Gasteiger partial charge in [0.2, 0.25) is 5.91 Å². The van der Waals surface area contributed by atoms with E-state index >= 15 is 0 Å². The fourth-order valence-corrected chi connectivity index (χ4v) is 3.50. The van der Waals surface area contributed by atoms with Gasteiger partial charge in [-0.25, -0.2) is 0 Å². The molecule has 26 heavy (non-hydrogen) atoms. The van der Waals surface area contributed by atoms with Gasteiger partial charge < -0.3 is 9.80 Å². The Morgan fingerprint density at radius 3 is 2.77 bits per heavy atom. The highest BCUT2D eigenvalue weighted by molar-refractivity contribution is 5.92. The third-order valence-corrected chi connectivity index (χ3v) is 4.83. The fourth-order valence-electron chi connectivity index (χ4n) is 3.50. The Hall–Kier alpha value is -2.64. The van der Waals surface area contributed by atoms with Crippen LogP contribution in [0.2, 0.25) is 0 Å². The molecule has 2 aromatic heterocycles. The summed E-state index contributed by atoms with van der Waals surface area (Å²) < 4.78 is 1.88. The van der Waals surface area contributed by atoms with E-state index in [0.717, 1.165) is 30.2 Å². The zero-order valence-corrected chi connectivity index (χ0v) is 15.8. The summed E-state index contributed by atoms with van der Waals surface area (Å²) >= 11 is 0. The molecule has 0 aromatic carbocycles. The van der Waals surface area contributed by atoms with E-state index in [1.807, 2.05) is 36.4 Å². The van der Waals surface area contributed by atoms with Gasteiger partial charge in [0.1, 0.15) is 5.69 Å². The smallest absolute Gasteiger partial charge is 0.274 e. The van der Waals surface area contributed by atoms with Gasteiger partial charge in [-0.05, 0) is 32.9 Å². The molecule has 0 aliphatic carbocycles. The van der Waals surface area contributed by atoms with Crippen molar-refractivity contribution in [1.82, 2.24) is 29.8 Å². The van der Waals surface area contributed by atoms with Crippen molar-refractivity contribution < 1.29 is 9.59 Å². The first-order valence-electron chi connectivity index (χ1n) is 8.96. The Bertz CT molecular complexity index is 808. The molecule has 1 N–H and O–H groups in total. The lowest BCUT2D eigenvalue weighted by molar-refractivity contribution is -0.127. The highest BCUT2D eigenvalue weighted by Crippen LogP contribution is 2.19. The van der Waals surface area contributed by atoms with E-state index in [4.69, 9.17) is 0 Å². The first kappa shape index (κ1) is 18.2. The molecule has 1 saturated heterocycles. The van der Waals surface area contributed by atoms with E-state index in [9.17, 15) is 9.59 Å². The monoisotopic (exact) mass is 358 g/mol. The summed E-state index contributed by atoms with van der Waals surface area (Å²) in [6.07, 6.45) is 0.509. The third kappa shape index (κ3) is 3.79. The van der Waals surface area contributed by atoms with Gasteiger partial charge in [-0.1, -0.05) is 0 Å². The van der Waals surface area contributed by atoms with Crippen LogP contribution >= 0.6 is 0 Å². The minimum absolute atomic E-state index is 0.136. The van der Waals surface area contributed by atoms with Crippen molar-refractivity contribution in [2.75, 3.05) is 26.7 Å². The third-order valence-electron chi connectivity index (χ3n) is 4.83. The first-order valence-corrected chi connectivity index (χ1v) is 8.96. The van der Waals surface area contributed by atoms with Gasteiger partial charge in [-0.3, -0.25) is 19.4 Å². The molecule has 2 aromatic rings. The number of nitrogens with zero attached hydrogens (tertiary/aromatic N) is 5. The molecule has 1 aliphatic heterocycles. The highest BCUT2D eigenvalue weighted by Gasteiger charge is 2.30. The van der Waals surface area contributed by atoms with Crippen LogP contribution in [0.15, 0.2) is 12.1 Å². The second kappa shape index (κ2) is 7.31. The molecule has 1 atom stereocenters. The Morgan fingerprint density at radius 1 is 1.38 bits per heavy atom. The predicted molar refractivity (Wildman–Crippen MR) is 96.7 cm³/mol. The summed E-state index contributed by atoms with van der Waals surface area (Å²) in [5, 5.41) is 11.5. The van der Waals surface area contributed by atoms with Crippen molar-refractivity contribution >= 4 is 11.8 Å². The largest absolute Gasteiger partial charge is 0.343 e. The molecule has 0 spiro atoms. The minimum atomic E-state index is -0.136. The van der Waals surface area contributed by atoms with Crippen molar-refractivity contribution in [3.63, 3.8) is 0 Å². The quantitative estimate of drug-likeness (QED) is 0.841. The molecule has 1 aliphatic rings. The van der Waals surface area contributed by atoms with Crippen LogP contribution in [0.3, 0.4) is 0 Å². The molecule has 2 amide bonds. The summed E-state index contributed by atoms with van der Waals surface area (Å²) in [6, 6.07) is 3.78. The average molecular weight is 358 g/mol. The second-order valence-corrected chi connectivity index (χ2v) is 7.05. The van der Waals surface area contributed by atoms with Crippen molar-refractivity contribution in [2.24, 2.45) is 5.92 Å². The normalized spacial score (nSPS) is 17.2. The van der Waals surface area contributed by atoms with Gasteiger partial charge in [0, 0.05) is 44.7 Å². The first-order chi connectivity index (χ1) is 12.4. The molecular weight excluding hydrogens is 332 g/mol. The molecule has 8 heteroatoms. The maximum Gasteiger partial charge on any atom is 0.274 e. The number of carbonyl (C=O) groups is 2. The van der Waals surface area contributed by atoms with Crippen molar-refractivity contribution in [3.05, 3.63) is 34.9 Å². The van der Waals surface area contributed by atoms with E-state index in [1.165, 1.54) is 0 Å². The van der Waals surface area contributed by atoms with Crippen LogP contribution < -0.4 is 0 Å². The van der Waals surface area contributed by atoms with Crippen LogP contribution in [0, 0.1) is 19.8 Å². The Kier molecular flexibility index (Phi) is 5.11. The Labute approximate surface area is 153 Å². The Balaban J connectivity index is 1.60. The number of aromatic nitrogens is 4. The average Bonchev–Trinajstić information content (AvgIpc) is 3.27. The van der Waals surface area contributed by atoms with Gasteiger partial charge in [-0.2, -0.15) is 10.2 Å². The van der Waals surface area contributed by atoms with Crippen LogP contribution in [-0.2, 0) is 11.3 Å². The molecule has 3 heterocycles. The van der Waals surface area contributed by atoms with Crippen molar-refractivity contribution in [2.45, 2.75) is 33.7 Å². The number of aromatic amines is 1. The van der Waals surface area contributed by atoms with Gasteiger partial charge >= 0.3 is 0 Å². The number of H-pyrrole nitrogens is 1. The van der Waals surface area contributed by atoms with E-state index in [1.54, 1.807) is 18.0 Å². The number of nitrogens with one attached hydrogen (secondary N) is 1. The maximum absolute atomic E-state index is 12.6. The molecule has 0 saturated carbocycles. The van der Waals surface area contributed by atoms with E-state index in [0.29, 0.717) is 25.2 Å². The standard InChI is InChI=1S/C18H26N6O2/c1-5-23-10-14(7-17(23)25)9-22(4)18(26)16-8-15(19-20-16)11-24-13(3)6-12(2)21-24/h6,8,14H,5,7,9-11H2,1-4H3,(H,19,20)/t14-/m1/s1. The number of carbonyl (C=O) groups excluding carboxylic acids is 2. The molecular formula is C18H26N6O2. The zero-order valence-electron chi connectivity index (χ0n) is 15.8. The van der Waals surface area contributed by atoms with Gasteiger partial charge in [0.15, 0.2) is 0 Å². The molecule has 0 bridgehead atoms. The van der Waals surface area contributed by atoms with Crippen LogP contribution in [0.4, 0.5) is 0 Å². The lowest BCUT2D eigenvalue weighted by atomic mass is 10.1. The van der Waals surface area contributed by atoms with Crippen LogP contribution in [0.25, 0.3) is 0 Å². The van der Waals surface area contributed by atoms with Gasteiger partial charge in [0.05, 0.1) is 17.9 Å². The topological polar surface area (TPSA) is 87.1 Å². The zero-order chi connectivity index (χ0) is 18.8. The van der Waals surface area contributed by atoms with Gasteiger partial charge in [-0.15, -0.1) is 0 Å². The molecule has 3 rings (SSSR count). The number of rotatable bonds is 6. The van der Waals surface area contributed by atoms with E-state index in [2.05, 4.69) is 15.3 Å². The van der Waals surface area contributed by atoms with E-state index < -0.39 is 0 Å². The molecule has 0 unspecified atom stereocenters. The van der Waals surface area contributed by atoms with Crippen molar-refractivity contribution in [3.8, 4) is 0 Å². The van der Waals surface area contributed by atoms with Crippen LogP contribution in [0.5, 0.6) is 0 Å². The Morgan fingerprint density at radius 2 is 2.15 bits per heavy atom. The molecule has 8 nitrogen and oxygen atoms in total. The number of aryl methyl sites for hydroxylation is 2. The molecule has 0 radical (unpaired) electrons.